The maximum Gasteiger partial charge on any atom is 0.434 e. The van der Waals surface area contributed by atoms with E-state index in [1.807, 2.05) is 24.3 Å². The van der Waals surface area contributed by atoms with E-state index in [0.29, 0.717) is 29.7 Å². The highest BCUT2D eigenvalue weighted by molar-refractivity contribution is 6.02. The SMILES string of the molecule is COC(=O)n1ncc2c(NC(=O)NCC3CCc4cc(F)ccc4N3Cc3ccccc3)cccc21. The first-order valence-corrected chi connectivity index (χ1v) is 11.7. The van der Waals surface area contributed by atoms with Gasteiger partial charge >= 0.3 is 12.1 Å². The molecule has 0 aliphatic carbocycles. The van der Waals surface area contributed by atoms with Crippen LogP contribution in [0.3, 0.4) is 0 Å². The van der Waals surface area contributed by atoms with E-state index in [2.05, 4.69) is 32.8 Å². The second-order valence-corrected chi connectivity index (χ2v) is 8.68. The van der Waals surface area contributed by atoms with Gasteiger partial charge in [0.15, 0.2) is 0 Å². The lowest BCUT2D eigenvalue weighted by Crippen LogP contribution is -2.47. The van der Waals surface area contributed by atoms with Gasteiger partial charge in [-0.15, -0.1) is 0 Å². The Kier molecular flexibility index (Phi) is 6.53. The summed E-state index contributed by atoms with van der Waals surface area (Å²) in [5.41, 5.74) is 4.16. The van der Waals surface area contributed by atoms with Crippen molar-refractivity contribution in [2.75, 3.05) is 23.9 Å². The van der Waals surface area contributed by atoms with Gasteiger partial charge in [-0.1, -0.05) is 36.4 Å². The summed E-state index contributed by atoms with van der Waals surface area (Å²) in [5.74, 6) is -0.242. The molecular weight excluding hydrogens is 461 g/mol. The van der Waals surface area contributed by atoms with E-state index in [1.165, 1.54) is 19.4 Å². The van der Waals surface area contributed by atoms with E-state index >= 15 is 0 Å². The van der Waals surface area contributed by atoms with Crippen molar-refractivity contribution in [3.63, 3.8) is 0 Å². The number of nitrogens with zero attached hydrogens (tertiary/aromatic N) is 3. The molecule has 0 radical (unpaired) electrons. The number of fused-ring (bicyclic) bond motifs is 2. The predicted octanol–water partition coefficient (Wildman–Crippen LogP) is 4.93. The lowest BCUT2D eigenvalue weighted by atomic mass is 9.94. The Labute approximate surface area is 207 Å². The van der Waals surface area contributed by atoms with Crippen LogP contribution in [0.1, 0.15) is 17.5 Å². The largest absolute Gasteiger partial charge is 0.451 e. The van der Waals surface area contributed by atoms with Crippen molar-refractivity contribution in [1.29, 1.82) is 0 Å². The lowest BCUT2D eigenvalue weighted by Gasteiger charge is -2.39. The molecule has 8 nitrogen and oxygen atoms in total. The topological polar surface area (TPSA) is 88.5 Å². The zero-order valence-corrected chi connectivity index (χ0v) is 19.8. The van der Waals surface area contributed by atoms with Gasteiger partial charge in [-0.05, 0) is 54.3 Å². The third-order valence-electron chi connectivity index (χ3n) is 6.44. The quantitative estimate of drug-likeness (QED) is 0.417. The summed E-state index contributed by atoms with van der Waals surface area (Å²) in [4.78, 5) is 27.0. The fraction of sp³-hybridized carbons (Fsp3) is 0.222. The molecule has 0 bridgehead atoms. The average molecular weight is 488 g/mol. The van der Waals surface area contributed by atoms with Crippen LogP contribution in [0.2, 0.25) is 0 Å². The first-order chi connectivity index (χ1) is 17.5. The molecule has 1 aliphatic rings. The number of anilines is 2. The standard InChI is InChI=1S/C27H26FN5O3/c1-36-27(35)33-25-9-5-8-23(22(25)16-30-33)31-26(34)29-15-21-12-10-19-14-20(28)11-13-24(19)32(21)17-18-6-3-2-4-7-18/h2-9,11,13-14,16,21H,10,12,15,17H2,1H3,(H2,29,31,34). The summed E-state index contributed by atoms with van der Waals surface area (Å²) in [5, 5.41) is 10.5. The van der Waals surface area contributed by atoms with Crippen molar-refractivity contribution >= 4 is 34.4 Å². The van der Waals surface area contributed by atoms with Gasteiger partial charge in [0.1, 0.15) is 5.82 Å². The van der Waals surface area contributed by atoms with Crippen LogP contribution in [0.25, 0.3) is 10.9 Å². The van der Waals surface area contributed by atoms with E-state index in [9.17, 15) is 14.0 Å². The van der Waals surface area contributed by atoms with Gasteiger partial charge in [0.25, 0.3) is 0 Å². The van der Waals surface area contributed by atoms with Crippen LogP contribution < -0.4 is 15.5 Å². The third-order valence-corrected chi connectivity index (χ3v) is 6.44. The predicted molar refractivity (Wildman–Crippen MR) is 136 cm³/mol. The van der Waals surface area contributed by atoms with Gasteiger partial charge < -0.3 is 20.3 Å². The summed E-state index contributed by atoms with van der Waals surface area (Å²) in [6.45, 7) is 1.06. The van der Waals surface area contributed by atoms with Gasteiger partial charge in [0.05, 0.1) is 24.5 Å². The molecule has 1 unspecified atom stereocenters. The van der Waals surface area contributed by atoms with Crippen LogP contribution in [0, 0.1) is 5.82 Å². The number of hydrogen-bond acceptors (Lipinski definition) is 5. The van der Waals surface area contributed by atoms with Crippen LogP contribution in [-0.2, 0) is 17.7 Å². The van der Waals surface area contributed by atoms with Gasteiger partial charge in [-0.25, -0.2) is 14.0 Å². The molecule has 2 amide bonds. The highest BCUT2D eigenvalue weighted by atomic mass is 19.1. The van der Waals surface area contributed by atoms with Crippen LogP contribution in [0.5, 0.6) is 0 Å². The second kappa shape index (κ2) is 10.1. The Morgan fingerprint density at radius 1 is 1.11 bits per heavy atom. The van der Waals surface area contributed by atoms with Gasteiger partial charge in [-0.3, -0.25) is 0 Å². The molecule has 1 aromatic heterocycles. The van der Waals surface area contributed by atoms with Crippen LogP contribution >= 0.6 is 0 Å². The lowest BCUT2D eigenvalue weighted by molar-refractivity contribution is 0.170. The maximum absolute atomic E-state index is 13.9. The van der Waals surface area contributed by atoms with E-state index in [1.54, 1.807) is 24.3 Å². The molecule has 5 rings (SSSR count). The number of aryl methyl sites for hydroxylation is 1. The first-order valence-electron chi connectivity index (χ1n) is 11.7. The molecule has 2 N–H and O–H groups in total. The Balaban J connectivity index is 1.31. The molecule has 1 atom stereocenters. The fourth-order valence-corrected chi connectivity index (χ4v) is 4.68. The number of carbonyl (C=O) groups is 2. The van der Waals surface area contributed by atoms with Crippen LogP contribution in [-0.4, -0.2) is 41.6 Å². The number of carbonyl (C=O) groups excluding carboxylic acids is 2. The van der Waals surface area contributed by atoms with Gasteiger partial charge in [0, 0.05) is 30.2 Å². The van der Waals surface area contributed by atoms with Crippen molar-refractivity contribution in [2.45, 2.75) is 25.4 Å². The molecule has 184 valence electrons. The minimum atomic E-state index is -0.609. The first kappa shape index (κ1) is 23.3. The fourth-order valence-electron chi connectivity index (χ4n) is 4.68. The number of methoxy groups -OCH3 is 1. The number of benzene rings is 3. The highest BCUT2D eigenvalue weighted by Crippen LogP contribution is 2.32. The number of aromatic nitrogens is 2. The molecule has 0 fully saturated rings. The molecule has 0 saturated heterocycles. The Morgan fingerprint density at radius 2 is 1.94 bits per heavy atom. The summed E-state index contributed by atoms with van der Waals surface area (Å²) in [6.07, 6.45) is 2.42. The zero-order valence-electron chi connectivity index (χ0n) is 19.8. The zero-order chi connectivity index (χ0) is 25.1. The number of nitrogens with one attached hydrogen (secondary N) is 2. The highest BCUT2D eigenvalue weighted by Gasteiger charge is 2.27. The molecule has 1 aliphatic heterocycles. The summed E-state index contributed by atoms with van der Waals surface area (Å²) < 4.78 is 19.8. The van der Waals surface area contributed by atoms with Gasteiger partial charge in [0.2, 0.25) is 0 Å². The molecule has 0 spiro atoms. The molecule has 4 aromatic rings. The molecular formula is C27H26FN5O3. The minimum absolute atomic E-state index is 0.0341. The number of amides is 2. The molecule has 3 aromatic carbocycles. The van der Waals surface area contributed by atoms with Gasteiger partial charge in [-0.2, -0.15) is 9.78 Å². The Morgan fingerprint density at radius 3 is 2.75 bits per heavy atom. The van der Waals surface area contributed by atoms with E-state index in [4.69, 9.17) is 4.74 Å². The number of hydrogen-bond donors (Lipinski definition) is 2. The van der Waals surface area contributed by atoms with Crippen LogP contribution in [0.4, 0.5) is 25.4 Å². The van der Waals surface area contributed by atoms with Crippen molar-refractivity contribution in [2.24, 2.45) is 0 Å². The van der Waals surface area contributed by atoms with Crippen LogP contribution in [0.15, 0.2) is 72.9 Å². The third kappa shape index (κ3) is 4.72. The monoisotopic (exact) mass is 487 g/mol. The van der Waals surface area contributed by atoms with Crippen molar-refractivity contribution in [3.8, 4) is 0 Å². The van der Waals surface area contributed by atoms with Crippen molar-refractivity contribution < 1.29 is 18.7 Å². The number of rotatable bonds is 5. The molecule has 0 saturated carbocycles. The Hall–Kier alpha value is -4.40. The average Bonchev–Trinajstić information content (AvgIpc) is 3.33. The number of halogens is 1. The summed E-state index contributed by atoms with van der Waals surface area (Å²) in [7, 11) is 1.28. The van der Waals surface area contributed by atoms with Crippen molar-refractivity contribution in [3.05, 3.63) is 89.9 Å². The van der Waals surface area contributed by atoms with E-state index in [-0.39, 0.29) is 17.9 Å². The minimum Gasteiger partial charge on any atom is -0.451 e. The van der Waals surface area contributed by atoms with E-state index in [0.717, 1.165) is 34.3 Å². The second-order valence-electron chi connectivity index (χ2n) is 8.68. The summed E-state index contributed by atoms with van der Waals surface area (Å²) in [6, 6.07) is 19.9. The number of ether oxygens (including phenoxy) is 1. The summed E-state index contributed by atoms with van der Waals surface area (Å²) >= 11 is 0. The van der Waals surface area contributed by atoms with Crippen molar-refractivity contribution in [1.82, 2.24) is 15.1 Å². The number of urea groups is 1. The molecule has 2 heterocycles. The molecule has 9 heteroatoms. The Bertz CT molecular complexity index is 1410. The maximum atomic E-state index is 13.9. The van der Waals surface area contributed by atoms with E-state index < -0.39 is 6.09 Å². The molecule has 36 heavy (non-hydrogen) atoms. The smallest absolute Gasteiger partial charge is 0.434 e. The normalized spacial score (nSPS) is 14.8.